The number of fused-ring (bicyclic) bond motifs is 1. The lowest BCUT2D eigenvalue weighted by molar-refractivity contribution is -0.140. The van der Waals surface area contributed by atoms with Crippen LogP contribution in [0.4, 0.5) is 4.39 Å². The summed E-state index contributed by atoms with van der Waals surface area (Å²) in [5.74, 6) is -0.211. The molecule has 0 saturated heterocycles. The van der Waals surface area contributed by atoms with Crippen molar-refractivity contribution in [3.8, 4) is 5.75 Å². The number of carbonyl (C=O) groups excluding carboxylic acids is 1. The summed E-state index contributed by atoms with van der Waals surface area (Å²) in [6, 6.07) is 10.2. The average Bonchev–Trinajstić information content (AvgIpc) is 3.05. The van der Waals surface area contributed by atoms with Gasteiger partial charge in [0.15, 0.2) is 0 Å². The molecule has 0 amide bonds. The molecule has 3 aromatic rings. The van der Waals surface area contributed by atoms with Crippen LogP contribution in [0.3, 0.4) is 0 Å². The van der Waals surface area contributed by atoms with Crippen LogP contribution in [0.15, 0.2) is 53.6 Å². The number of nitrogens with zero attached hydrogens (tertiary/aromatic N) is 1. The molecule has 6 nitrogen and oxygen atoms in total. The number of hydrogen-bond acceptors (Lipinski definition) is 5. The van der Waals surface area contributed by atoms with E-state index in [0.29, 0.717) is 17.7 Å². The van der Waals surface area contributed by atoms with E-state index in [1.165, 1.54) is 35.3 Å². The van der Waals surface area contributed by atoms with E-state index in [1.807, 2.05) is 0 Å². The molecule has 8 heteroatoms. The van der Waals surface area contributed by atoms with Crippen molar-refractivity contribution in [1.82, 2.24) is 3.97 Å². The molecule has 1 heterocycles. The molecule has 1 aromatic heterocycles. The molecule has 0 atom stereocenters. The SMILES string of the molecule is COC(=O)CCc1cn(S(O)(O)c2ccc(F)cc2)c2ccc(OC)cc12. The summed E-state index contributed by atoms with van der Waals surface area (Å²) in [6.07, 6.45) is 2.12. The Kier molecular flexibility index (Phi) is 5.41. The van der Waals surface area contributed by atoms with E-state index in [9.17, 15) is 18.3 Å². The Morgan fingerprint density at radius 3 is 2.48 bits per heavy atom. The van der Waals surface area contributed by atoms with Gasteiger partial charge in [0.2, 0.25) is 0 Å². The molecule has 0 saturated carbocycles. The molecule has 0 aliphatic rings. The molecular formula is C19H20FNO5S. The topological polar surface area (TPSA) is 80.9 Å². The lowest BCUT2D eigenvalue weighted by atomic mass is 10.1. The zero-order valence-corrected chi connectivity index (χ0v) is 15.7. The van der Waals surface area contributed by atoms with Crippen molar-refractivity contribution in [3.63, 3.8) is 0 Å². The van der Waals surface area contributed by atoms with Gasteiger partial charge in [0.05, 0.1) is 24.6 Å². The van der Waals surface area contributed by atoms with Gasteiger partial charge in [-0.25, -0.2) is 8.36 Å². The average molecular weight is 393 g/mol. The van der Waals surface area contributed by atoms with Gasteiger partial charge in [-0.2, -0.15) is 0 Å². The van der Waals surface area contributed by atoms with Crippen molar-refractivity contribution in [3.05, 3.63) is 60.0 Å². The summed E-state index contributed by atoms with van der Waals surface area (Å²) in [5, 5.41) is 0.736. The van der Waals surface area contributed by atoms with Crippen LogP contribution in [0, 0.1) is 5.82 Å². The highest BCUT2D eigenvalue weighted by molar-refractivity contribution is 8.23. The smallest absolute Gasteiger partial charge is 0.305 e. The molecule has 2 N–H and O–H groups in total. The summed E-state index contributed by atoms with van der Waals surface area (Å²) in [5.41, 5.74) is 1.32. The van der Waals surface area contributed by atoms with Gasteiger partial charge in [-0.05, 0) is 54.4 Å². The summed E-state index contributed by atoms with van der Waals surface area (Å²) in [7, 11) is -0.573. The fraction of sp³-hybridized carbons (Fsp3) is 0.211. The fourth-order valence-corrected chi connectivity index (χ4v) is 4.29. The molecule has 0 bridgehead atoms. The number of halogens is 1. The second-order valence-electron chi connectivity index (χ2n) is 5.91. The van der Waals surface area contributed by atoms with Crippen LogP contribution in [-0.2, 0) is 16.0 Å². The van der Waals surface area contributed by atoms with Crippen LogP contribution >= 0.6 is 10.8 Å². The number of benzene rings is 2. The number of aromatic nitrogens is 1. The minimum absolute atomic E-state index is 0.155. The van der Waals surface area contributed by atoms with Gasteiger partial charge < -0.3 is 9.47 Å². The maximum Gasteiger partial charge on any atom is 0.305 e. The summed E-state index contributed by atoms with van der Waals surface area (Å²) in [4.78, 5) is 11.7. The van der Waals surface area contributed by atoms with Crippen molar-refractivity contribution < 1.29 is 27.8 Å². The predicted octanol–water partition coefficient (Wildman–Crippen LogP) is 4.47. The van der Waals surface area contributed by atoms with Crippen LogP contribution in [0.2, 0.25) is 0 Å². The van der Waals surface area contributed by atoms with Crippen molar-refractivity contribution >= 4 is 27.6 Å². The number of carbonyl (C=O) groups is 1. The van der Waals surface area contributed by atoms with Crippen LogP contribution < -0.4 is 4.74 Å². The first-order chi connectivity index (χ1) is 12.9. The number of aryl methyl sites for hydroxylation is 1. The third-order valence-corrected chi connectivity index (χ3v) is 6.05. The molecule has 3 rings (SSSR count). The second-order valence-corrected chi connectivity index (χ2v) is 7.81. The van der Waals surface area contributed by atoms with Gasteiger partial charge in [0.25, 0.3) is 0 Å². The first-order valence-corrected chi connectivity index (χ1v) is 9.66. The van der Waals surface area contributed by atoms with E-state index in [0.717, 1.165) is 10.9 Å². The zero-order chi connectivity index (χ0) is 19.6. The highest BCUT2D eigenvalue weighted by Crippen LogP contribution is 2.52. The van der Waals surface area contributed by atoms with Gasteiger partial charge in [-0.3, -0.25) is 13.9 Å². The summed E-state index contributed by atoms with van der Waals surface area (Å²) in [6.45, 7) is 0. The standard InChI is InChI=1S/C19H20FNO5S/c1-25-15-6-9-18-17(11-15)13(3-10-19(22)26-2)12-21(18)27(23,24)16-7-4-14(20)5-8-16/h4-9,11-12,23-24H,3,10H2,1-2H3. The van der Waals surface area contributed by atoms with Gasteiger partial charge in [0.1, 0.15) is 11.6 Å². The number of hydrogen-bond donors (Lipinski definition) is 2. The molecule has 0 unspecified atom stereocenters. The van der Waals surface area contributed by atoms with Gasteiger partial charge in [0, 0.05) is 18.0 Å². The summed E-state index contributed by atoms with van der Waals surface area (Å²) >= 11 is 0. The second kappa shape index (κ2) is 7.59. The van der Waals surface area contributed by atoms with Crippen LogP contribution in [0.25, 0.3) is 10.9 Å². The molecule has 144 valence electrons. The predicted molar refractivity (Wildman–Crippen MR) is 102 cm³/mol. The van der Waals surface area contributed by atoms with Gasteiger partial charge in [-0.1, -0.05) is 10.8 Å². The van der Waals surface area contributed by atoms with E-state index in [-0.39, 0.29) is 17.3 Å². The minimum Gasteiger partial charge on any atom is -0.497 e. The Hall–Kier alpha value is -2.55. The maximum atomic E-state index is 13.2. The zero-order valence-electron chi connectivity index (χ0n) is 14.9. The van der Waals surface area contributed by atoms with Crippen LogP contribution in [0.5, 0.6) is 5.75 Å². The minimum atomic E-state index is -3.43. The Morgan fingerprint density at radius 2 is 1.85 bits per heavy atom. The molecule has 0 radical (unpaired) electrons. The van der Waals surface area contributed by atoms with E-state index in [4.69, 9.17) is 4.74 Å². The maximum absolute atomic E-state index is 13.2. The Bertz CT molecular complexity index is 968. The highest BCUT2D eigenvalue weighted by atomic mass is 32.3. The molecule has 0 spiro atoms. The van der Waals surface area contributed by atoms with Crippen molar-refractivity contribution in [2.75, 3.05) is 14.2 Å². The van der Waals surface area contributed by atoms with Gasteiger partial charge in [-0.15, -0.1) is 0 Å². The van der Waals surface area contributed by atoms with Crippen molar-refractivity contribution in [2.45, 2.75) is 17.7 Å². The Morgan fingerprint density at radius 1 is 1.15 bits per heavy atom. The lowest BCUT2D eigenvalue weighted by Gasteiger charge is -2.34. The molecule has 0 fully saturated rings. The quantitative estimate of drug-likeness (QED) is 0.604. The monoisotopic (exact) mass is 393 g/mol. The van der Waals surface area contributed by atoms with E-state index >= 15 is 0 Å². The van der Waals surface area contributed by atoms with E-state index in [1.54, 1.807) is 31.5 Å². The van der Waals surface area contributed by atoms with Crippen LogP contribution in [-0.4, -0.2) is 33.3 Å². The van der Waals surface area contributed by atoms with E-state index in [2.05, 4.69) is 4.74 Å². The molecular weight excluding hydrogens is 373 g/mol. The molecule has 27 heavy (non-hydrogen) atoms. The number of rotatable bonds is 6. The first-order valence-electron chi connectivity index (χ1n) is 8.16. The van der Waals surface area contributed by atoms with Crippen molar-refractivity contribution in [1.29, 1.82) is 0 Å². The Balaban J connectivity index is 2.11. The summed E-state index contributed by atoms with van der Waals surface area (Å²) < 4.78 is 46.2. The van der Waals surface area contributed by atoms with Gasteiger partial charge >= 0.3 is 5.97 Å². The molecule has 2 aromatic carbocycles. The third-order valence-electron chi connectivity index (χ3n) is 4.29. The first kappa shape index (κ1) is 19.2. The number of ether oxygens (including phenoxy) is 2. The molecule has 0 aliphatic heterocycles. The normalized spacial score (nSPS) is 12.2. The van der Waals surface area contributed by atoms with E-state index < -0.39 is 16.6 Å². The highest BCUT2D eigenvalue weighted by Gasteiger charge is 2.23. The largest absolute Gasteiger partial charge is 0.497 e. The number of methoxy groups -OCH3 is 2. The number of esters is 1. The van der Waals surface area contributed by atoms with Crippen LogP contribution in [0.1, 0.15) is 12.0 Å². The molecule has 0 aliphatic carbocycles. The Labute approximate surface area is 157 Å². The fourth-order valence-electron chi connectivity index (χ4n) is 2.85. The lowest BCUT2D eigenvalue weighted by Crippen LogP contribution is -2.08. The third kappa shape index (κ3) is 3.78. The van der Waals surface area contributed by atoms with Crippen molar-refractivity contribution in [2.24, 2.45) is 0 Å².